The predicted octanol–water partition coefficient (Wildman–Crippen LogP) is 7.27. The first-order valence-electron chi connectivity index (χ1n) is 11.9. The number of pyridine rings is 1. The number of nitrogens with one attached hydrogen (secondary N) is 2. The largest absolute Gasteiger partial charge is 0.522 e. The van der Waals surface area contributed by atoms with Crippen LogP contribution in [0, 0.1) is 6.92 Å². The van der Waals surface area contributed by atoms with Gasteiger partial charge in [0.05, 0.1) is 16.8 Å². The summed E-state index contributed by atoms with van der Waals surface area (Å²) < 4.78 is 136. The fourth-order valence-corrected chi connectivity index (χ4v) is 3.34. The number of alkyl halides is 9. The van der Waals surface area contributed by atoms with Crippen LogP contribution in [0.25, 0.3) is 11.3 Å². The molecule has 1 amide bonds. The first kappa shape index (κ1) is 34.7. The standard InChI is InChI=1S/C25H17F6N5O.CHF3O3S/c1-14-4-5-19(12-21(14)36-23-33-8-6-20(35-23)15-3-2-7-32-13-15)34-22(37)16-9-17(24(26,27)28)11-18(10-16)25(29,30)31;2-1(3,4)8(5,6)7/h2-13H,1H3,(H,34,37)(H,33,35,36);(H,5,6,7). The molecule has 0 unspecified atom stereocenters. The fourth-order valence-electron chi connectivity index (χ4n) is 3.34. The number of benzene rings is 2. The Bertz CT molecular complexity index is 1750. The molecule has 4 rings (SSSR count). The van der Waals surface area contributed by atoms with Crippen molar-refractivity contribution in [2.24, 2.45) is 0 Å². The molecule has 2 heterocycles. The second kappa shape index (κ2) is 13.1. The molecule has 2 aromatic heterocycles. The molecule has 19 heteroatoms. The van der Waals surface area contributed by atoms with Crippen LogP contribution in [0.3, 0.4) is 0 Å². The lowest BCUT2D eigenvalue weighted by Gasteiger charge is -2.15. The Kier molecular flexibility index (Phi) is 10.1. The van der Waals surface area contributed by atoms with Crippen molar-refractivity contribution >= 4 is 33.3 Å². The molecule has 0 aliphatic rings. The van der Waals surface area contributed by atoms with Crippen LogP contribution < -0.4 is 10.6 Å². The maximum absolute atomic E-state index is 13.1. The molecule has 4 aromatic rings. The third-order valence-corrected chi connectivity index (χ3v) is 6.08. The maximum Gasteiger partial charge on any atom is 0.522 e. The number of amides is 1. The summed E-state index contributed by atoms with van der Waals surface area (Å²) in [7, 11) is -5.84. The number of halogens is 9. The first-order chi connectivity index (χ1) is 20.6. The van der Waals surface area contributed by atoms with Gasteiger partial charge in [0.2, 0.25) is 5.95 Å². The van der Waals surface area contributed by atoms with Crippen molar-refractivity contribution in [3.8, 4) is 11.3 Å². The lowest BCUT2D eigenvalue weighted by atomic mass is 10.0. The first-order valence-corrected chi connectivity index (χ1v) is 13.3. The van der Waals surface area contributed by atoms with Crippen LogP contribution in [0.5, 0.6) is 0 Å². The number of aromatic nitrogens is 3. The lowest BCUT2D eigenvalue weighted by Crippen LogP contribution is -2.21. The summed E-state index contributed by atoms with van der Waals surface area (Å²) in [5.74, 6) is -0.915. The van der Waals surface area contributed by atoms with Crippen molar-refractivity contribution in [1.82, 2.24) is 15.0 Å². The van der Waals surface area contributed by atoms with E-state index in [1.165, 1.54) is 18.3 Å². The number of aryl methyl sites for hydroxylation is 1. The summed E-state index contributed by atoms with van der Waals surface area (Å²) in [4.78, 5) is 25.3. The molecule has 0 saturated heterocycles. The normalized spacial score (nSPS) is 12.2. The summed E-state index contributed by atoms with van der Waals surface area (Å²) in [6.07, 6.45) is -5.35. The average molecular weight is 668 g/mol. The van der Waals surface area contributed by atoms with Crippen LogP contribution in [0.1, 0.15) is 27.0 Å². The third-order valence-electron chi connectivity index (χ3n) is 5.50. The van der Waals surface area contributed by atoms with E-state index in [-0.39, 0.29) is 17.7 Å². The Labute approximate surface area is 247 Å². The minimum Gasteiger partial charge on any atom is -0.324 e. The molecule has 9 nitrogen and oxygen atoms in total. The Hall–Kier alpha value is -4.78. The summed E-state index contributed by atoms with van der Waals surface area (Å²) in [6, 6.07) is 10.5. The van der Waals surface area contributed by atoms with Crippen LogP contribution in [0.4, 0.5) is 56.8 Å². The van der Waals surface area contributed by atoms with E-state index in [2.05, 4.69) is 25.6 Å². The van der Waals surface area contributed by atoms with Crippen LogP contribution in [0.2, 0.25) is 0 Å². The van der Waals surface area contributed by atoms with Gasteiger partial charge in [-0.2, -0.15) is 47.9 Å². The highest BCUT2D eigenvalue weighted by Gasteiger charge is 2.44. The minimum absolute atomic E-state index is 0.0374. The van der Waals surface area contributed by atoms with E-state index < -0.39 is 50.6 Å². The van der Waals surface area contributed by atoms with Crippen molar-refractivity contribution in [2.75, 3.05) is 10.6 Å². The van der Waals surface area contributed by atoms with Gasteiger partial charge in [0.1, 0.15) is 0 Å². The number of carbonyl (C=O) groups is 1. The molecule has 0 radical (unpaired) electrons. The number of carbonyl (C=O) groups excluding carboxylic acids is 1. The fraction of sp³-hybridized carbons (Fsp3) is 0.154. The summed E-state index contributed by atoms with van der Waals surface area (Å²) in [5, 5.41) is 5.35. The van der Waals surface area contributed by atoms with Gasteiger partial charge in [-0.1, -0.05) is 6.07 Å². The SMILES string of the molecule is Cc1ccc(NC(=O)c2cc(C(F)(F)F)cc(C(F)(F)F)c2)cc1Nc1nccc(-c2cccnc2)n1.O=S(=O)(O)C(F)(F)F. The van der Waals surface area contributed by atoms with Crippen molar-refractivity contribution in [2.45, 2.75) is 24.8 Å². The zero-order chi connectivity index (χ0) is 33.8. The molecule has 0 aliphatic carbocycles. The number of hydrogen-bond acceptors (Lipinski definition) is 7. The monoisotopic (exact) mass is 667 g/mol. The van der Waals surface area contributed by atoms with E-state index in [0.717, 1.165) is 5.56 Å². The molecule has 0 fully saturated rings. The zero-order valence-electron chi connectivity index (χ0n) is 22.3. The van der Waals surface area contributed by atoms with E-state index in [9.17, 15) is 44.3 Å². The molecule has 240 valence electrons. The molecule has 3 N–H and O–H groups in total. The summed E-state index contributed by atoms with van der Waals surface area (Å²) >= 11 is 0. The molecule has 0 saturated carbocycles. The Balaban J connectivity index is 0.000000610. The van der Waals surface area contributed by atoms with Crippen molar-refractivity contribution in [3.63, 3.8) is 0 Å². The van der Waals surface area contributed by atoms with Crippen molar-refractivity contribution in [3.05, 3.63) is 95.4 Å². The van der Waals surface area contributed by atoms with E-state index >= 15 is 0 Å². The second-order valence-electron chi connectivity index (χ2n) is 8.83. The molecule has 0 spiro atoms. The molecule has 0 atom stereocenters. The molecule has 2 aromatic carbocycles. The number of hydrogen-bond donors (Lipinski definition) is 3. The Morgan fingerprint density at radius 1 is 0.844 bits per heavy atom. The summed E-state index contributed by atoms with van der Waals surface area (Å²) in [6.45, 7) is 1.75. The van der Waals surface area contributed by atoms with E-state index in [0.29, 0.717) is 29.1 Å². The van der Waals surface area contributed by atoms with Crippen molar-refractivity contribution < 1.29 is 57.3 Å². The second-order valence-corrected chi connectivity index (χ2v) is 10.2. The van der Waals surface area contributed by atoms with Gasteiger partial charge in [0.25, 0.3) is 5.91 Å². The van der Waals surface area contributed by atoms with Crippen LogP contribution in [0.15, 0.2) is 73.2 Å². The van der Waals surface area contributed by atoms with Gasteiger partial charge in [-0.15, -0.1) is 0 Å². The topological polar surface area (TPSA) is 134 Å². The maximum atomic E-state index is 13.1. The predicted molar refractivity (Wildman–Crippen MR) is 142 cm³/mol. The number of nitrogens with zero attached hydrogens (tertiary/aromatic N) is 3. The molecule has 0 aliphatic heterocycles. The van der Waals surface area contributed by atoms with Gasteiger partial charge in [0, 0.05) is 41.1 Å². The van der Waals surface area contributed by atoms with Crippen molar-refractivity contribution in [1.29, 1.82) is 0 Å². The van der Waals surface area contributed by atoms with E-state index in [4.69, 9.17) is 13.0 Å². The minimum atomic E-state index is -5.84. The Morgan fingerprint density at radius 2 is 1.44 bits per heavy atom. The van der Waals surface area contributed by atoms with Crippen LogP contribution in [-0.4, -0.2) is 39.3 Å². The Morgan fingerprint density at radius 3 is 1.96 bits per heavy atom. The number of rotatable bonds is 5. The lowest BCUT2D eigenvalue weighted by molar-refractivity contribution is -0.143. The van der Waals surface area contributed by atoms with Gasteiger partial charge >= 0.3 is 28.0 Å². The van der Waals surface area contributed by atoms with E-state index in [1.54, 1.807) is 37.5 Å². The quantitative estimate of drug-likeness (QED) is 0.115. The highest BCUT2D eigenvalue weighted by molar-refractivity contribution is 7.86. The van der Waals surface area contributed by atoms with Crippen LogP contribution >= 0.6 is 0 Å². The third kappa shape index (κ3) is 9.60. The summed E-state index contributed by atoms with van der Waals surface area (Å²) in [5.41, 5.74) is -6.82. The average Bonchev–Trinajstić information content (AvgIpc) is 2.93. The van der Waals surface area contributed by atoms with Gasteiger partial charge in [-0.3, -0.25) is 14.3 Å². The van der Waals surface area contributed by atoms with Gasteiger partial charge in [0.15, 0.2) is 0 Å². The highest BCUT2D eigenvalue weighted by atomic mass is 32.2. The zero-order valence-corrected chi connectivity index (χ0v) is 23.1. The van der Waals surface area contributed by atoms with E-state index in [1.807, 2.05) is 6.07 Å². The smallest absolute Gasteiger partial charge is 0.324 e. The molecular formula is C26H18F9N5O4S. The number of anilines is 3. The van der Waals surface area contributed by atoms with Gasteiger partial charge in [-0.25, -0.2) is 9.97 Å². The van der Waals surface area contributed by atoms with Crippen LogP contribution in [-0.2, 0) is 22.5 Å². The molecule has 0 bridgehead atoms. The molecular weight excluding hydrogens is 649 g/mol. The molecule has 45 heavy (non-hydrogen) atoms. The van der Waals surface area contributed by atoms with Gasteiger partial charge in [-0.05, 0) is 61.0 Å². The van der Waals surface area contributed by atoms with Gasteiger partial charge < -0.3 is 10.6 Å². The highest BCUT2D eigenvalue weighted by Crippen LogP contribution is 2.36.